The molecule has 0 radical (unpaired) electrons. The third-order valence-corrected chi connectivity index (χ3v) is 3.24. The van der Waals surface area contributed by atoms with E-state index in [-0.39, 0.29) is 0 Å². The Bertz CT molecular complexity index is 425. The fourth-order valence-electron chi connectivity index (χ4n) is 1.86. The molecule has 0 spiro atoms. The molecule has 0 amide bonds. The summed E-state index contributed by atoms with van der Waals surface area (Å²) >= 11 is 0. The highest BCUT2D eigenvalue weighted by atomic mass is 19.4. The van der Waals surface area contributed by atoms with Crippen molar-refractivity contribution in [3.63, 3.8) is 0 Å². The van der Waals surface area contributed by atoms with Crippen molar-refractivity contribution in [3.05, 3.63) is 34.9 Å². The molecular formula is C13H17F3O2. The van der Waals surface area contributed by atoms with E-state index in [4.69, 9.17) is 4.74 Å². The van der Waals surface area contributed by atoms with Crippen LogP contribution in [0.25, 0.3) is 0 Å². The predicted molar refractivity (Wildman–Crippen MR) is 62.2 cm³/mol. The molecule has 0 aliphatic rings. The second-order valence-corrected chi connectivity index (χ2v) is 4.55. The maximum absolute atomic E-state index is 12.5. The van der Waals surface area contributed by atoms with E-state index in [1.54, 1.807) is 13.8 Å². The van der Waals surface area contributed by atoms with E-state index in [1.807, 2.05) is 0 Å². The van der Waals surface area contributed by atoms with Crippen LogP contribution in [0.4, 0.5) is 13.2 Å². The lowest BCUT2D eigenvalue weighted by Crippen LogP contribution is -2.36. The average Bonchev–Trinajstić information content (AvgIpc) is 2.26. The van der Waals surface area contributed by atoms with E-state index in [0.29, 0.717) is 11.1 Å². The SMILES string of the molecule is COC(C)C(C)(O)c1ccc(C(F)(F)F)cc1C. The zero-order chi connectivity index (χ0) is 14.1. The molecular weight excluding hydrogens is 245 g/mol. The molecule has 1 aromatic carbocycles. The Kier molecular flexibility index (Phi) is 4.08. The van der Waals surface area contributed by atoms with Crippen molar-refractivity contribution >= 4 is 0 Å². The van der Waals surface area contributed by atoms with E-state index in [2.05, 4.69) is 0 Å². The van der Waals surface area contributed by atoms with Crippen LogP contribution in [-0.4, -0.2) is 18.3 Å². The number of halogens is 3. The molecule has 0 aromatic heterocycles. The molecule has 18 heavy (non-hydrogen) atoms. The van der Waals surface area contributed by atoms with Gasteiger partial charge in [-0.05, 0) is 44.0 Å². The fraction of sp³-hybridized carbons (Fsp3) is 0.538. The molecule has 0 heterocycles. The first-order valence-electron chi connectivity index (χ1n) is 5.54. The van der Waals surface area contributed by atoms with E-state index in [9.17, 15) is 18.3 Å². The Balaban J connectivity index is 3.22. The van der Waals surface area contributed by atoms with Crippen LogP contribution < -0.4 is 0 Å². The quantitative estimate of drug-likeness (QED) is 0.906. The zero-order valence-corrected chi connectivity index (χ0v) is 10.8. The van der Waals surface area contributed by atoms with E-state index in [1.165, 1.54) is 20.1 Å². The molecule has 0 aliphatic heterocycles. The molecule has 0 saturated heterocycles. The fourth-order valence-corrected chi connectivity index (χ4v) is 1.86. The van der Waals surface area contributed by atoms with Crippen molar-refractivity contribution in [1.29, 1.82) is 0 Å². The maximum atomic E-state index is 12.5. The second kappa shape index (κ2) is 4.90. The summed E-state index contributed by atoms with van der Waals surface area (Å²) < 4.78 is 42.7. The van der Waals surface area contributed by atoms with Crippen LogP contribution in [0.5, 0.6) is 0 Å². The molecule has 2 unspecified atom stereocenters. The van der Waals surface area contributed by atoms with Crippen molar-refractivity contribution < 1.29 is 23.0 Å². The van der Waals surface area contributed by atoms with Gasteiger partial charge in [0.1, 0.15) is 5.60 Å². The van der Waals surface area contributed by atoms with Crippen LogP contribution in [0, 0.1) is 6.92 Å². The summed E-state index contributed by atoms with van der Waals surface area (Å²) in [5, 5.41) is 10.3. The predicted octanol–water partition coefficient (Wildman–Crippen LogP) is 3.26. The number of aliphatic hydroxyl groups is 1. The second-order valence-electron chi connectivity index (χ2n) is 4.55. The van der Waals surface area contributed by atoms with Gasteiger partial charge in [-0.3, -0.25) is 0 Å². The van der Waals surface area contributed by atoms with Gasteiger partial charge in [0.25, 0.3) is 0 Å². The average molecular weight is 262 g/mol. The monoisotopic (exact) mass is 262 g/mol. The summed E-state index contributed by atoms with van der Waals surface area (Å²) in [5.41, 5.74) is -1.23. The Morgan fingerprint density at radius 2 is 1.83 bits per heavy atom. The van der Waals surface area contributed by atoms with Crippen LogP contribution in [0.2, 0.25) is 0 Å². The van der Waals surface area contributed by atoms with Gasteiger partial charge in [-0.25, -0.2) is 0 Å². The van der Waals surface area contributed by atoms with E-state index in [0.717, 1.165) is 12.1 Å². The van der Waals surface area contributed by atoms with E-state index >= 15 is 0 Å². The highest BCUT2D eigenvalue weighted by Gasteiger charge is 2.35. The molecule has 0 aliphatic carbocycles. The number of hydrogen-bond donors (Lipinski definition) is 1. The number of aryl methyl sites for hydroxylation is 1. The molecule has 2 nitrogen and oxygen atoms in total. The summed E-state index contributed by atoms with van der Waals surface area (Å²) in [5.74, 6) is 0. The van der Waals surface area contributed by atoms with Crippen LogP contribution in [-0.2, 0) is 16.5 Å². The third kappa shape index (κ3) is 2.84. The van der Waals surface area contributed by atoms with Crippen molar-refractivity contribution in [2.24, 2.45) is 0 Å². The minimum Gasteiger partial charge on any atom is -0.383 e. The maximum Gasteiger partial charge on any atom is 0.416 e. The largest absolute Gasteiger partial charge is 0.416 e. The zero-order valence-electron chi connectivity index (χ0n) is 10.8. The Hall–Kier alpha value is -1.07. The van der Waals surface area contributed by atoms with E-state index < -0.39 is 23.4 Å². The van der Waals surface area contributed by atoms with Crippen LogP contribution in [0.15, 0.2) is 18.2 Å². The van der Waals surface area contributed by atoms with Gasteiger partial charge in [-0.15, -0.1) is 0 Å². The molecule has 1 N–H and O–H groups in total. The molecule has 5 heteroatoms. The molecule has 0 bridgehead atoms. The van der Waals surface area contributed by atoms with Gasteiger partial charge in [0.2, 0.25) is 0 Å². The van der Waals surface area contributed by atoms with Gasteiger partial charge >= 0.3 is 6.18 Å². The van der Waals surface area contributed by atoms with Crippen molar-refractivity contribution in [1.82, 2.24) is 0 Å². The van der Waals surface area contributed by atoms with Crippen LogP contribution >= 0.6 is 0 Å². The first kappa shape index (κ1) is 15.0. The highest BCUT2D eigenvalue weighted by Crippen LogP contribution is 2.34. The number of alkyl halides is 3. The lowest BCUT2D eigenvalue weighted by atomic mass is 9.87. The molecule has 2 atom stereocenters. The first-order chi connectivity index (χ1) is 8.10. The van der Waals surface area contributed by atoms with Gasteiger partial charge < -0.3 is 9.84 Å². The third-order valence-electron chi connectivity index (χ3n) is 3.24. The van der Waals surface area contributed by atoms with Gasteiger partial charge in [-0.1, -0.05) is 6.07 Å². The number of benzene rings is 1. The summed E-state index contributed by atoms with van der Waals surface area (Å²) in [7, 11) is 1.44. The molecule has 102 valence electrons. The van der Waals surface area contributed by atoms with Gasteiger partial charge in [0, 0.05) is 7.11 Å². The lowest BCUT2D eigenvalue weighted by Gasteiger charge is -2.31. The number of ether oxygens (including phenoxy) is 1. The Morgan fingerprint density at radius 3 is 2.22 bits per heavy atom. The van der Waals surface area contributed by atoms with Crippen LogP contribution in [0.3, 0.4) is 0 Å². The van der Waals surface area contributed by atoms with Crippen molar-refractivity contribution in [2.75, 3.05) is 7.11 Å². The highest BCUT2D eigenvalue weighted by molar-refractivity contribution is 5.36. The number of methoxy groups -OCH3 is 1. The Morgan fingerprint density at radius 1 is 1.28 bits per heavy atom. The first-order valence-corrected chi connectivity index (χ1v) is 5.54. The molecule has 0 saturated carbocycles. The smallest absolute Gasteiger partial charge is 0.383 e. The summed E-state index contributed by atoms with van der Waals surface area (Å²) in [6.45, 7) is 4.73. The minimum absolute atomic E-state index is 0.388. The van der Waals surface area contributed by atoms with Gasteiger partial charge in [0.05, 0.1) is 11.7 Å². The Labute approximate surface area is 104 Å². The van der Waals surface area contributed by atoms with Crippen molar-refractivity contribution in [2.45, 2.75) is 38.7 Å². The molecule has 0 fully saturated rings. The summed E-state index contributed by atoms with van der Waals surface area (Å²) in [6.07, 6.45) is -4.89. The summed E-state index contributed by atoms with van der Waals surface area (Å²) in [6, 6.07) is 3.30. The number of hydrogen-bond acceptors (Lipinski definition) is 2. The molecule has 1 rings (SSSR count). The minimum atomic E-state index is -4.37. The molecule has 1 aromatic rings. The topological polar surface area (TPSA) is 29.5 Å². The number of rotatable bonds is 3. The lowest BCUT2D eigenvalue weighted by molar-refractivity contribution is -0.137. The van der Waals surface area contributed by atoms with Gasteiger partial charge in [-0.2, -0.15) is 13.2 Å². The standard InChI is InChI=1S/C13H17F3O2/c1-8-7-10(13(14,15)16)5-6-11(8)12(3,17)9(2)18-4/h5-7,9,17H,1-4H3. The van der Waals surface area contributed by atoms with Crippen LogP contribution in [0.1, 0.15) is 30.5 Å². The normalized spacial score (nSPS) is 17.3. The van der Waals surface area contributed by atoms with Gasteiger partial charge in [0.15, 0.2) is 0 Å². The van der Waals surface area contributed by atoms with Crippen molar-refractivity contribution in [3.8, 4) is 0 Å². The summed E-state index contributed by atoms with van der Waals surface area (Å²) in [4.78, 5) is 0.